The third-order valence-electron chi connectivity index (χ3n) is 3.38. The second-order valence-corrected chi connectivity index (χ2v) is 6.25. The van der Waals surface area contributed by atoms with Crippen LogP contribution in [0.2, 0.25) is 0 Å². The van der Waals surface area contributed by atoms with Gasteiger partial charge in [0.1, 0.15) is 12.4 Å². The van der Waals surface area contributed by atoms with Gasteiger partial charge in [0.25, 0.3) is 0 Å². The zero-order chi connectivity index (χ0) is 12.3. The van der Waals surface area contributed by atoms with E-state index in [-0.39, 0.29) is 0 Å². The van der Waals surface area contributed by atoms with Crippen LogP contribution < -0.4 is 4.74 Å². The van der Waals surface area contributed by atoms with Crippen LogP contribution in [0.3, 0.4) is 0 Å². The van der Waals surface area contributed by atoms with Gasteiger partial charge in [-0.1, -0.05) is 6.92 Å². The molecule has 1 heterocycles. The van der Waals surface area contributed by atoms with Crippen molar-refractivity contribution in [3.63, 3.8) is 0 Å². The summed E-state index contributed by atoms with van der Waals surface area (Å²) < 4.78 is 7.07. The largest absolute Gasteiger partial charge is 0.492 e. The van der Waals surface area contributed by atoms with Crippen molar-refractivity contribution in [1.29, 1.82) is 0 Å². The first-order chi connectivity index (χ1) is 8.15. The second-order valence-electron chi connectivity index (χ2n) is 5.00. The predicted molar refractivity (Wildman–Crippen MR) is 79.5 cm³/mol. The zero-order valence-electron chi connectivity index (χ0n) is 10.5. The molecule has 1 aromatic rings. The fourth-order valence-electron chi connectivity index (χ4n) is 2.22. The van der Waals surface area contributed by atoms with Crippen LogP contribution in [0.1, 0.15) is 20.3 Å². The van der Waals surface area contributed by atoms with Crippen molar-refractivity contribution in [2.45, 2.75) is 26.3 Å². The molecule has 0 unspecified atom stereocenters. The minimum absolute atomic E-state index is 0.513. The topological polar surface area (TPSA) is 12.5 Å². The highest BCUT2D eigenvalue weighted by molar-refractivity contribution is 14.1. The molecule has 1 aromatic carbocycles. The lowest BCUT2D eigenvalue weighted by Crippen LogP contribution is -2.35. The van der Waals surface area contributed by atoms with Gasteiger partial charge in [0, 0.05) is 16.2 Å². The summed E-state index contributed by atoms with van der Waals surface area (Å²) in [5, 5.41) is 0. The van der Waals surface area contributed by atoms with Crippen molar-refractivity contribution in [1.82, 2.24) is 4.90 Å². The van der Waals surface area contributed by atoms with Gasteiger partial charge in [-0.15, -0.1) is 0 Å². The number of hydrogen-bond donors (Lipinski definition) is 0. The number of likely N-dealkylation sites (tertiary alicyclic amines) is 1. The number of rotatable bonds is 4. The molecule has 2 rings (SSSR count). The van der Waals surface area contributed by atoms with Crippen LogP contribution in [0.25, 0.3) is 0 Å². The van der Waals surface area contributed by atoms with Crippen LogP contribution in [0.4, 0.5) is 0 Å². The van der Waals surface area contributed by atoms with Crippen molar-refractivity contribution in [2.24, 2.45) is 5.92 Å². The number of benzene rings is 1. The molecule has 0 N–H and O–H groups in total. The van der Waals surface area contributed by atoms with E-state index in [1.807, 2.05) is 12.1 Å². The summed E-state index contributed by atoms with van der Waals surface area (Å²) in [6.45, 7) is 7.81. The van der Waals surface area contributed by atoms with E-state index in [2.05, 4.69) is 53.5 Å². The fraction of sp³-hybridized carbons (Fsp3) is 0.571. The van der Waals surface area contributed by atoms with Crippen molar-refractivity contribution < 1.29 is 4.74 Å². The van der Waals surface area contributed by atoms with Gasteiger partial charge in [0.05, 0.1) is 0 Å². The van der Waals surface area contributed by atoms with Crippen LogP contribution in [0, 0.1) is 9.49 Å². The average molecular weight is 345 g/mol. The SMILES string of the molecule is C[C@@H]1CCN([C@@H](C)COc2ccc(I)cc2)C1. The monoisotopic (exact) mass is 345 g/mol. The Morgan fingerprint density at radius 3 is 2.71 bits per heavy atom. The summed E-state index contributed by atoms with van der Waals surface area (Å²) in [5.74, 6) is 1.82. The van der Waals surface area contributed by atoms with Crippen LogP contribution in [-0.2, 0) is 0 Å². The highest BCUT2D eigenvalue weighted by atomic mass is 127. The van der Waals surface area contributed by atoms with Gasteiger partial charge in [-0.05, 0) is 72.7 Å². The summed E-state index contributed by atoms with van der Waals surface area (Å²) in [7, 11) is 0. The highest BCUT2D eigenvalue weighted by Gasteiger charge is 2.23. The van der Waals surface area contributed by atoms with Crippen molar-refractivity contribution in [3.05, 3.63) is 27.8 Å². The Kier molecular flexibility index (Phi) is 4.68. The molecule has 2 nitrogen and oxygen atoms in total. The molecule has 0 aliphatic carbocycles. The molecule has 0 aromatic heterocycles. The first-order valence-electron chi connectivity index (χ1n) is 6.27. The van der Waals surface area contributed by atoms with Gasteiger partial charge in [0.15, 0.2) is 0 Å². The number of nitrogens with zero attached hydrogens (tertiary/aromatic N) is 1. The molecule has 94 valence electrons. The molecular weight excluding hydrogens is 325 g/mol. The first-order valence-corrected chi connectivity index (χ1v) is 7.35. The summed E-state index contributed by atoms with van der Waals surface area (Å²) in [5.41, 5.74) is 0. The molecule has 2 atom stereocenters. The Balaban J connectivity index is 1.79. The molecule has 0 radical (unpaired) electrons. The van der Waals surface area contributed by atoms with E-state index in [4.69, 9.17) is 4.74 Å². The van der Waals surface area contributed by atoms with Gasteiger partial charge >= 0.3 is 0 Å². The van der Waals surface area contributed by atoms with Crippen molar-refractivity contribution in [3.8, 4) is 5.75 Å². The van der Waals surface area contributed by atoms with E-state index in [0.29, 0.717) is 6.04 Å². The number of ether oxygens (including phenoxy) is 1. The van der Waals surface area contributed by atoms with Gasteiger partial charge in [0.2, 0.25) is 0 Å². The summed E-state index contributed by atoms with van der Waals surface area (Å²) in [4.78, 5) is 2.53. The van der Waals surface area contributed by atoms with E-state index in [9.17, 15) is 0 Å². The first kappa shape index (κ1) is 13.1. The van der Waals surface area contributed by atoms with Crippen molar-refractivity contribution in [2.75, 3.05) is 19.7 Å². The molecule has 0 amide bonds. The smallest absolute Gasteiger partial charge is 0.119 e. The van der Waals surface area contributed by atoms with Gasteiger partial charge in [-0.25, -0.2) is 0 Å². The van der Waals surface area contributed by atoms with Crippen LogP contribution in [0.15, 0.2) is 24.3 Å². The lowest BCUT2D eigenvalue weighted by molar-refractivity contribution is 0.169. The molecule has 1 aliphatic rings. The van der Waals surface area contributed by atoms with E-state index in [1.165, 1.54) is 23.1 Å². The lowest BCUT2D eigenvalue weighted by atomic mass is 10.2. The maximum Gasteiger partial charge on any atom is 0.119 e. The van der Waals surface area contributed by atoms with Crippen molar-refractivity contribution >= 4 is 22.6 Å². The predicted octanol–water partition coefficient (Wildman–Crippen LogP) is 3.40. The van der Waals surface area contributed by atoms with Gasteiger partial charge in [-0.3, -0.25) is 4.90 Å². The molecule has 1 saturated heterocycles. The standard InChI is InChI=1S/C14H20INO/c1-11-7-8-16(9-11)12(2)10-17-14-5-3-13(15)4-6-14/h3-6,11-12H,7-10H2,1-2H3/t11-,12+/m1/s1. The number of halogens is 1. The van der Waals surface area contributed by atoms with Gasteiger partial charge in [-0.2, -0.15) is 0 Å². The summed E-state index contributed by atoms with van der Waals surface area (Å²) in [6.07, 6.45) is 1.33. The Morgan fingerprint density at radius 2 is 2.12 bits per heavy atom. The minimum atomic E-state index is 0.513. The minimum Gasteiger partial charge on any atom is -0.492 e. The molecule has 17 heavy (non-hydrogen) atoms. The van der Waals surface area contributed by atoms with Crippen LogP contribution in [0.5, 0.6) is 5.75 Å². The van der Waals surface area contributed by atoms with Crippen LogP contribution >= 0.6 is 22.6 Å². The quantitative estimate of drug-likeness (QED) is 0.776. The van der Waals surface area contributed by atoms with E-state index in [0.717, 1.165) is 18.3 Å². The van der Waals surface area contributed by atoms with E-state index < -0.39 is 0 Å². The molecule has 1 aliphatic heterocycles. The molecule has 0 saturated carbocycles. The molecule has 1 fully saturated rings. The maximum absolute atomic E-state index is 5.83. The molecule has 3 heteroatoms. The molecule has 0 bridgehead atoms. The fourth-order valence-corrected chi connectivity index (χ4v) is 2.58. The maximum atomic E-state index is 5.83. The van der Waals surface area contributed by atoms with Crippen LogP contribution in [-0.4, -0.2) is 30.6 Å². The van der Waals surface area contributed by atoms with Gasteiger partial charge < -0.3 is 4.74 Å². The summed E-state index contributed by atoms with van der Waals surface area (Å²) in [6, 6.07) is 8.76. The third kappa shape index (κ3) is 3.85. The Morgan fingerprint density at radius 1 is 1.41 bits per heavy atom. The van der Waals surface area contributed by atoms with E-state index >= 15 is 0 Å². The van der Waals surface area contributed by atoms with E-state index in [1.54, 1.807) is 0 Å². The lowest BCUT2D eigenvalue weighted by Gasteiger charge is -2.24. The average Bonchev–Trinajstić information content (AvgIpc) is 2.75. The highest BCUT2D eigenvalue weighted by Crippen LogP contribution is 2.19. The normalized spacial score (nSPS) is 22.6. The third-order valence-corrected chi connectivity index (χ3v) is 4.10. The molecule has 0 spiro atoms. The summed E-state index contributed by atoms with van der Waals surface area (Å²) >= 11 is 2.31. The Labute approximate surface area is 117 Å². The molecular formula is C14H20INO. The zero-order valence-corrected chi connectivity index (χ0v) is 12.7. The number of hydrogen-bond acceptors (Lipinski definition) is 2. The Bertz CT molecular complexity index is 352. The second kappa shape index (κ2) is 6.05. The Hall–Kier alpha value is -0.290.